The summed E-state index contributed by atoms with van der Waals surface area (Å²) in [5.41, 5.74) is 2.58. The van der Waals surface area contributed by atoms with E-state index < -0.39 is 17.7 Å². The molecule has 0 aromatic heterocycles. The molecule has 1 saturated heterocycles. The minimum Gasteiger partial charge on any atom is -0.507 e. The summed E-state index contributed by atoms with van der Waals surface area (Å²) < 4.78 is 5.24. The normalized spacial score (nSPS) is 17.5. The van der Waals surface area contributed by atoms with Gasteiger partial charge in [-0.1, -0.05) is 54.4 Å². The van der Waals surface area contributed by atoms with Gasteiger partial charge in [-0.3, -0.25) is 14.5 Å². The second-order valence-corrected chi connectivity index (χ2v) is 8.41. The molecule has 1 atom stereocenters. The first kappa shape index (κ1) is 22.9. The number of carbonyl (C=O) groups is 2. The van der Waals surface area contributed by atoms with E-state index in [4.69, 9.17) is 27.9 Å². The molecule has 3 aromatic carbocycles. The van der Waals surface area contributed by atoms with Crippen molar-refractivity contribution in [3.05, 3.63) is 99.0 Å². The van der Waals surface area contributed by atoms with E-state index in [9.17, 15) is 14.7 Å². The Labute approximate surface area is 201 Å². The van der Waals surface area contributed by atoms with Crippen molar-refractivity contribution in [1.82, 2.24) is 0 Å². The van der Waals surface area contributed by atoms with Crippen molar-refractivity contribution in [2.75, 3.05) is 12.0 Å². The van der Waals surface area contributed by atoms with Gasteiger partial charge in [-0.05, 0) is 60.0 Å². The SMILES string of the molecule is CCc1ccc(N2C(=O)C(=O)/C(=C(\O)c3ccc(Cl)c(Cl)c3)C2c2ccc(OC)cc2)cc1. The maximum absolute atomic E-state index is 13.2. The zero-order chi connectivity index (χ0) is 23.7. The van der Waals surface area contributed by atoms with Gasteiger partial charge in [0.25, 0.3) is 11.7 Å². The molecule has 1 amide bonds. The van der Waals surface area contributed by atoms with Gasteiger partial charge in [0.05, 0.1) is 28.8 Å². The summed E-state index contributed by atoms with van der Waals surface area (Å²) in [6.07, 6.45) is 0.846. The fraction of sp³-hybridized carbons (Fsp3) is 0.154. The Hall–Kier alpha value is -3.28. The van der Waals surface area contributed by atoms with Crippen LogP contribution in [0.25, 0.3) is 5.76 Å². The van der Waals surface area contributed by atoms with Crippen LogP contribution in [0, 0.1) is 0 Å². The van der Waals surface area contributed by atoms with Gasteiger partial charge in [0.2, 0.25) is 0 Å². The van der Waals surface area contributed by atoms with Crippen LogP contribution < -0.4 is 9.64 Å². The van der Waals surface area contributed by atoms with Crippen molar-refractivity contribution >= 4 is 46.3 Å². The predicted octanol–water partition coefficient (Wildman–Crippen LogP) is 6.19. The molecule has 1 aliphatic rings. The molecule has 5 nitrogen and oxygen atoms in total. The minimum absolute atomic E-state index is 0.0249. The predicted molar refractivity (Wildman–Crippen MR) is 130 cm³/mol. The number of hydrogen-bond acceptors (Lipinski definition) is 4. The number of aliphatic hydroxyl groups is 1. The number of aryl methyl sites for hydroxylation is 1. The molecule has 7 heteroatoms. The van der Waals surface area contributed by atoms with Crippen LogP contribution in [0.1, 0.15) is 29.7 Å². The molecule has 1 N–H and O–H groups in total. The molecular weight excluding hydrogens is 461 g/mol. The van der Waals surface area contributed by atoms with Crippen LogP contribution in [0.2, 0.25) is 10.0 Å². The van der Waals surface area contributed by atoms with E-state index in [0.29, 0.717) is 27.6 Å². The maximum Gasteiger partial charge on any atom is 0.300 e. The molecule has 0 aliphatic carbocycles. The van der Waals surface area contributed by atoms with Gasteiger partial charge in [0.15, 0.2) is 0 Å². The third-order valence-electron chi connectivity index (χ3n) is 5.69. The second kappa shape index (κ2) is 9.30. The number of ketones is 1. The summed E-state index contributed by atoms with van der Waals surface area (Å²) in [6, 6.07) is 18.2. The van der Waals surface area contributed by atoms with Crippen LogP contribution >= 0.6 is 23.2 Å². The molecule has 168 valence electrons. The number of anilines is 1. The highest BCUT2D eigenvalue weighted by molar-refractivity contribution is 6.51. The average molecular weight is 482 g/mol. The van der Waals surface area contributed by atoms with E-state index >= 15 is 0 Å². The lowest BCUT2D eigenvalue weighted by molar-refractivity contribution is -0.132. The number of aliphatic hydroxyl groups excluding tert-OH is 1. The average Bonchev–Trinajstić information content (AvgIpc) is 3.10. The number of methoxy groups -OCH3 is 1. The van der Waals surface area contributed by atoms with E-state index in [1.807, 2.05) is 19.1 Å². The first-order chi connectivity index (χ1) is 15.8. The smallest absolute Gasteiger partial charge is 0.300 e. The van der Waals surface area contributed by atoms with E-state index in [1.54, 1.807) is 49.6 Å². The summed E-state index contributed by atoms with van der Waals surface area (Å²) in [7, 11) is 1.56. The Morgan fingerprint density at radius 3 is 2.21 bits per heavy atom. The molecule has 0 saturated carbocycles. The van der Waals surface area contributed by atoms with Crippen LogP contribution in [0.15, 0.2) is 72.3 Å². The lowest BCUT2D eigenvalue weighted by Crippen LogP contribution is -2.29. The number of rotatable bonds is 5. The van der Waals surface area contributed by atoms with Crippen LogP contribution in [0.5, 0.6) is 5.75 Å². The number of halogens is 2. The largest absolute Gasteiger partial charge is 0.507 e. The van der Waals surface area contributed by atoms with Crippen molar-refractivity contribution in [1.29, 1.82) is 0 Å². The zero-order valence-electron chi connectivity index (χ0n) is 18.0. The number of benzene rings is 3. The third kappa shape index (κ3) is 4.22. The highest BCUT2D eigenvalue weighted by Crippen LogP contribution is 2.43. The molecule has 4 rings (SSSR count). The Bertz CT molecular complexity index is 1250. The van der Waals surface area contributed by atoms with E-state index in [-0.39, 0.29) is 16.4 Å². The Balaban J connectivity index is 1.92. The second-order valence-electron chi connectivity index (χ2n) is 7.59. The van der Waals surface area contributed by atoms with Crippen molar-refractivity contribution in [3.8, 4) is 5.75 Å². The number of carbonyl (C=O) groups excluding carboxylic acids is 2. The Kier molecular flexibility index (Phi) is 6.45. The molecule has 1 heterocycles. The Morgan fingerprint density at radius 2 is 1.64 bits per heavy atom. The van der Waals surface area contributed by atoms with Gasteiger partial charge in [0, 0.05) is 11.3 Å². The summed E-state index contributed by atoms with van der Waals surface area (Å²) in [6.45, 7) is 2.04. The van der Waals surface area contributed by atoms with Crippen molar-refractivity contribution in [2.45, 2.75) is 19.4 Å². The third-order valence-corrected chi connectivity index (χ3v) is 6.43. The monoisotopic (exact) mass is 481 g/mol. The fourth-order valence-electron chi connectivity index (χ4n) is 3.89. The van der Waals surface area contributed by atoms with Crippen molar-refractivity contribution in [3.63, 3.8) is 0 Å². The number of hydrogen-bond donors (Lipinski definition) is 1. The Morgan fingerprint density at radius 1 is 0.970 bits per heavy atom. The van der Waals surface area contributed by atoms with Gasteiger partial charge >= 0.3 is 0 Å². The summed E-state index contributed by atoms with van der Waals surface area (Å²) >= 11 is 12.1. The minimum atomic E-state index is -0.835. The molecule has 1 unspecified atom stereocenters. The highest BCUT2D eigenvalue weighted by Gasteiger charge is 2.47. The number of ether oxygens (including phenoxy) is 1. The van der Waals surface area contributed by atoms with Crippen LogP contribution in [-0.2, 0) is 16.0 Å². The van der Waals surface area contributed by atoms with E-state index in [1.165, 1.54) is 17.0 Å². The lowest BCUT2D eigenvalue weighted by atomic mass is 9.95. The molecular formula is C26H21Cl2NO4. The maximum atomic E-state index is 13.2. The van der Waals surface area contributed by atoms with Gasteiger partial charge in [0.1, 0.15) is 11.5 Å². The summed E-state index contributed by atoms with van der Waals surface area (Å²) in [4.78, 5) is 27.8. The molecule has 1 aliphatic heterocycles. The quantitative estimate of drug-likeness (QED) is 0.268. The summed E-state index contributed by atoms with van der Waals surface area (Å²) in [5.74, 6) is -1.19. The highest BCUT2D eigenvalue weighted by atomic mass is 35.5. The molecule has 0 radical (unpaired) electrons. The molecule has 33 heavy (non-hydrogen) atoms. The van der Waals surface area contributed by atoms with Gasteiger partial charge in [-0.15, -0.1) is 0 Å². The van der Waals surface area contributed by atoms with Crippen molar-refractivity contribution < 1.29 is 19.4 Å². The fourth-order valence-corrected chi connectivity index (χ4v) is 4.19. The number of Topliss-reactive ketones (excluding diaryl/α,β-unsaturated/α-hetero) is 1. The van der Waals surface area contributed by atoms with E-state index in [2.05, 4.69) is 0 Å². The van der Waals surface area contributed by atoms with Gasteiger partial charge in [-0.25, -0.2) is 0 Å². The first-order valence-electron chi connectivity index (χ1n) is 10.3. The molecule has 3 aromatic rings. The standard InChI is InChI=1S/C26H21Cl2NO4/c1-3-15-4-9-18(10-5-15)29-23(16-6-11-19(33-2)12-7-16)22(25(31)26(29)32)24(30)17-8-13-20(27)21(28)14-17/h4-14,23,30H,3H2,1-2H3/b24-22-. The topological polar surface area (TPSA) is 66.8 Å². The molecule has 1 fully saturated rings. The van der Waals surface area contributed by atoms with E-state index in [0.717, 1.165) is 12.0 Å². The lowest BCUT2D eigenvalue weighted by Gasteiger charge is -2.25. The van der Waals surface area contributed by atoms with Gasteiger partial charge < -0.3 is 9.84 Å². The van der Waals surface area contributed by atoms with Crippen LogP contribution in [0.3, 0.4) is 0 Å². The molecule has 0 bridgehead atoms. The van der Waals surface area contributed by atoms with Gasteiger partial charge in [-0.2, -0.15) is 0 Å². The summed E-state index contributed by atoms with van der Waals surface area (Å²) in [5, 5.41) is 11.7. The number of nitrogens with zero attached hydrogens (tertiary/aromatic N) is 1. The first-order valence-corrected chi connectivity index (χ1v) is 11.1. The molecule has 0 spiro atoms. The van der Waals surface area contributed by atoms with Crippen LogP contribution in [-0.4, -0.2) is 23.9 Å². The van der Waals surface area contributed by atoms with Crippen molar-refractivity contribution in [2.24, 2.45) is 0 Å². The number of amides is 1. The van der Waals surface area contributed by atoms with Crippen LogP contribution in [0.4, 0.5) is 5.69 Å². The zero-order valence-corrected chi connectivity index (χ0v) is 19.5.